The third kappa shape index (κ3) is 14.5. The molecule has 0 bridgehead atoms. The van der Waals surface area contributed by atoms with Crippen LogP contribution >= 0.6 is 45.3 Å². The van der Waals surface area contributed by atoms with Crippen LogP contribution in [0.25, 0.3) is 0 Å². The van der Waals surface area contributed by atoms with E-state index >= 15 is 0 Å². The fraction of sp³-hybridized carbons (Fsp3) is 0.742. The Morgan fingerprint density at radius 3 is 1.74 bits per heavy atom. The minimum atomic E-state index is -0.110. The second kappa shape index (κ2) is 23.1. The van der Waals surface area contributed by atoms with E-state index in [0.29, 0.717) is 0 Å². The summed E-state index contributed by atoms with van der Waals surface area (Å²) in [7, 11) is 0. The zero-order chi connectivity index (χ0) is 26.1. The number of hydrogen-bond donors (Lipinski definition) is 0. The SMILES string of the molecule is C.CCCCCCCCc1cc(C2OCCO2)c(I)s1.CCCCCCCCc1cc(C2OCCO2)cs1.[V]. The van der Waals surface area contributed by atoms with Gasteiger partial charge in [0, 0.05) is 39.4 Å². The fourth-order valence-electron chi connectivity index (χ4n) is 4.62. The molecule has 0 unspecified atom stereocenters. The number of hydrogen-bond acceptors (Lipinski definition) is 6. The van der Waals surface area contributed by atoms with Gasteiger partial charge in [-0.2, -0.15) is 0 Å². The Morgan fingerprint density at radius 2 is 1.18 bits per heavy atom. The fourth-order valence-corrected chi connectivity index (χ4v) is 7.74. The van der Waals surface area contributed by atoms with Gasteiger partial charge in [-0.3, -0.25) is 0 Å². The van der Waals surface area contributed by atoms with Crippen molar-refractivity contribution in [2.45, 2.75) is 124 Å². The number of thiophene rings is 2. The number of ether oxygens (including phenoxy) is 4. The van der Waals surface area contributed by atoms with Crippen LogP contribution < -0.4 is 0 Å². The molecule has 0 N–H and O–H groups in total. The maximum atomic E-state index is 5.58. The average molecular weight is 730 g/mol. The molecule has 39 heavy (non-hydrogen) atoms. The first kappa shape index (κ1) is 37.6. The van der Waals surface area contributed by atoms with Gasteiger partial charge in [-0.15, -0.1) is 22.7 Å². The van der Waals surface area contributed by atoms with Crippen LogP contribution in [0.15, 0.2) is 17.5 Å². The van der Waals surface area contributed by atoms with Gasteiger partial charge in [0.05, 0.1) is 29.3 Å². The minimum absolute atomic E-state index is 0. The molecule has 2 aromatic rings. The summed E-state index contributed by atoms with van der Waals surface area (Å²) in [6.45, 7) is 7.44. The van der Waals surface area contributed by atoms with Crippen molar-refractivity contribution in [3.05, 3.63) is 41.3 Å². The van der Waals surface area contributed by atoms with Crippen LogP contribution in [-0.4, -0.2) is 26.4 Å². The Kier molecular flexibility index (Phi) is 22.2. The molecule has 4 heterocycles. The third-order valence-electron chi connectivity index (χ3n) is 6.76. The number of unbranched alkanes of at least 4 members (excludes halogenated alkanes) is 10. The summed E-state index contributed by atoms with van der Waals surface area (Å²) in [4.78, 5) is 2.95. The molecule has 2 fully saturated rings. The maximum absolute atomic E-state index is 5.58. The van der Waals surface area contributed by atoms with Gasteiger partial charge in [-0.25, -0.2) is 0 Å². The monoisotopic (exact) mass is 729 g/mol. The second-order valence-corrected chi connectivity index (χ2v) is 13.9. The van der Waals surface area contributed by atoms with Crippen molar-refractivity contribution in [3.8, 4) is 0 Å². The molecule has 0 amide bonds. The molecule has 2 aliphatic rings. The zero-order valence-corrected chi connectivity index (χ0v) is 28.6. The van der Waals surface area contributed by atoms with Gasteiger partial charge in [-0.1, -0.05) is 85.5 Å². The molecule has 0 spiro atoms. The Labute approximate surface area is 272 Å². The largest absolute Gasteiger partial charge is 0.346 e. The summed E-state index contributed by atoms with van der Waals surface area (Å²) in [5, 5.41) is 2.18. The van der Waals surface area contributed by atoms with E-state index < -0.39 is 0 Å². The first-order valence-electron chi connectivity index (χ1n) is 14.5. The van der Waals surface area contributed by atoms with Crippen LogP contribution in [0.4, 0.5) is 0 Å². The van der Waals surface area contributed by atoms with Crippen molar-refractivity contribution in [2.24, 2.45) is 0 Å². The molecule has 0 saturated carbocycles. The second-order valence-electron chi connectivity index (χ2n) is 9.97. The summed E-state index contributed by atoms with van der Waals surface area (Å²) < 4.78 is 23.5. The normalized spacial score (nSPS) is 15.6. The predicted molar refractivity (Wildman–Crippen MR) is 172 cm³/mol. The first-order chi connectivity index (χ1) is 18.2. The molecule has 4 nitrogen and oxygen atoms in total. The Hall–Kier alpha value is 0.554. The van der Waals surface area contributed by atoms with Crippen molar-refractivity contribution in [2.75, 3.05) is 26.4 Å². The van der Waals surface area contributed by atoms with Crippen molar-refractivity contribution in [3.63, 3.8) is 0 Å². The summed E-state index contributed by atoms with van der Waals surface area (Å²) in [6.07, 6.45) is 18.6. The molecule has 0 aromatic carbocycles. The molecule has 4 rings (SSSR count). The summed E-state index contributed by atoms with van der Waals surface area (Å²) in [6, 6.07) is 4.54. The van der Waals surface area contributed by atoms with Crippen molar-refractivity contribution in [1.82, 2.24) is 0 Å². The van der Waals surface area contributed by atoms with Gasteiger partial charge in [0.25, 0.3) is 0 Å². The third-order valence-corrected chi connectivity index (χ3v) is 10.1. The Bertz CT molecular complexity index is 848. The van der Waals surface area contributed by atoms with Gasteiger partial charge in [0.2, 0.25) is 0 Å². The van der Waals surface area contributed by atoms with Gasteiger partial charge in [-0.05, 0) is 65.8 Å². The Morgan fingerprint density at radius 1 is 0.692 bits per heavy atom. The van der Waals surface area contributed by atoms with Crippen LogP contribution in [0, 0.1) is 2.88 Å². The van der Waals surface area contributed by atoms with Crippen molar-refractivity contribution < 1.29 is 37.5 Å². The molecule has 223 valence electrons. The van der Waals surface area contributed by atoms with E-state index in [-0.39, 0.29) is 38.6 Å². The molecule has 0 atom stereocenters. The molecule has 2 saturated heterocycles. The average Bonchev–Trinajstić information content (AvgIpc) is 3.71. The molecule has 2 aliphatic heterocycles. The van der Waals surface area contributed by atoms with Crippen LogP contribution in [-0.2, 0) is 50.3 Å². The molecule has 8 heteroatoms. The molecule has 1 radical (unpaired) electrons. The van der Waals surface area contributed by atoms with Gasteiger partial charge in [0.1, 0.15) is 0 Å². The first-order valence-corrected chi connectivity index (χ1v) is 17.3. The van der Waals surface area contributed by atoms with E-state index in [0.717, 1.165) is 26.4 Å². The molecular weight excluding hydrogens is 678 g/mol. The maximum Gasteiger partial charge on any atom is 0.185 e. The molecule has 0 aliphatic carbocycles. The molecule has 2 aromatic heterocycles. The van der Waals surface area contributed by atoms with Gasteiger partial charge < -0.3 is 18.9 Å². The number of aryl methyl sites for hydroxylation is 2. The van der Waals surface area contributed by atoms with E-state index in [4.69, 9.17) is 18.9 Å². The van der Waals surface area contributed by atoms with E-state index in [1.54, 1.807) is 0 Å². The van der Waals surface area contributed by atoms with Crippen LogP contribution in [0.1, 0.15) is 132 Å². The van der Waals surface area contributed by atoms with Crippen molar-refractivity contribution in [1.29, 1.82) is 0 Å². The van der Waals surface area contributed by atoms with Gasteiger partial charge in [0.15, 0.2) is 12.6 Å². The zero-order valence-electron chi connectivity index (χ0n) is 23.4. The molecular formula is C31H51IO4S2V. The standard InChI is InChI=1S/C15H23IO2S.C15H24O2S.CH4.V/c1-2-3-4-5-6-7-8-12-11-13(14(16)19-12)15-17-9-10-18-15;1-2-3-4-5-6-7-8-14-11-13(12-18-14)15-16-9-10-17-15;;/h11,15H,2-10H2,1H3;11-12,15H,2-10H2,1H3;1H4;. The Balaban J connectivity index is 0.000000371. The van der Waals surface area contributed by atoms with E-state index in [9.17, 15) is 0 Å². The van der Waals surface area contributed by atoms with Crippen LogP contribution in [0.3, 0.4) is 0 Å². The quantitative estimate of drug-likeness (QED) is 0.127. The minimum Gasteiger partial charge on any atom is -0.346 e. The topological polar surface area (TPSA) is 36.9 Å². The summed E-state index contributed by atoms with van der Waals surface area (Å²) >= 11 is 6.15. The summed E-state index contributed by atoms with van der Waals surface area (Å²) in [5.74, 6) is 0. The van der Waals surface area contributed by atoms with E-state index in [1.807, 2.05) is 22.7 Å². The number of halogens is 1. The summed E-state index contributed by atoms with van der Waals surface area (Å²) in [5.41, 5.74) is 2.45. The predicted octanol–water partition coefficient (Wildman–Crippen LogP) is 10.6. The number of rotatable bonds is 16. The van der Waals surface area contributed by atoms with Crippen LogP contribution in [0.2, 0.25) is 0 Å². The smallest absolute Gasteiger partial charge is 0.185 e. The van der Waals surface area contributed by atoms with Gasteiger partial charge >= 0.3 is 0 Å². The van der Waals surface area contributed by atoms with Crippen molar-refractivity contribution >= 4 is 45.3 Å². The van der Waals surface area contributed by atoms with Crippen LogP contribution in [0.5, 0.6) is 0 Å². The van der Waals surface area contributed by atoms with E-state index in [1.165, 1.54) is 114 Å². The van der Waals surface area contributed by atoms with E-state index in [2.05, 4.69) is 54.0 Å².